The SMILES string of the molecule is Cc1cc(CN2C(=O)N[C@@](Cc3ccccc3)(c3ccccc3)C2=O)on1. The summed E-state index contributed by atoms with van der Waals surface area (Å²) < 4.78 is 5.19. The third kappa shape index (κ3) is 3.10. The number of aryl methyl sites for hydroxylation is 1. The van der Waals surface area contributed by atoms with Gasteiger partial charge in [0.25, 0.3) is 5.91 Å². The molecule has 4 rings (SSSR count). The Hall–Kier alpha value is -3.41. The van der Waals surface area contributed by atoms with E-state index in [4.69, 9.17) is 4.52 Å². The number of benzene rings is 2. The second-order valence-electron chi connectivity index (χ2n) is 6.69. The highest BCUT2D eigenvalue weighted by molar-refractivity contribution is 6.07. The summed E-state index contributed by atoms with van der Waals surface area (Å²) in [5.41, 5.74) is 1.28. The maximum atomic E-state index is 13.4. The number of hydrogen-bond acceptors (Lipinski definition) is 4. The van der Waals surface area contributed by atoms with Gasteiger partial charge in [0.15, 0.2) is 11.3 Å². The predicted molar refractivity (Wildman–Crippen MR) is 98.6 cm³/mol. The van der Waals surface area contributed by atoms with Gasteiger partial charge in [-0.2, -0.15) is 0 Å². The van der Waals surface area contributed by atoms with Gasteiger partial charge in [-0.15, -0.1) is 0 Å². The molecular weight excluding hydrogens is 342 g/mol. The Labute approximate surface area is 156 Å². The predicted octanol–water partition coefficient (Wildman–Crippen LogP) is 3.17. The first-order chi connectivity index (χ1) is 13.1. The molecule has 0 saturated carbocycles. The van der Waals surface area contributed by atoms with E-state index in [0.717, 1.165) is 11.1 Å². The van der Waals surface area contributed by atoms with E-state index >= 15 is 0 Å². The van der Waals surface area contributed by atoms with E-state index in [1.54, 1.807) is 13.0 Å². The third-order valence-corrected chi connectivity index (χ3v) is 4.75. The van der Waals surface area contributed by atoms with E-state index in [-0.39, 0.29) is 12.5 Å². The van der Waals surface area contributed by atoms with Crippen LogP contribution in [-0.4, -0.2) is 22.0 Å². The monoisotopic (exact) mass is 361 g/mol. The molecule has 1 saturated heterocycles. The second kappa shape index (κ2) is 6.72. The number of carbonyl (C=O) groups is 2. The Morgan fingerprint density at radius 1 is 1.04 bits per heavy atom. The number of hydrogen-bond donors (Lipinski definition) is 1. The molecule has 0 unspecified atom stereocenters. The van der Waals surface area contributed by atoms with Gasteiger partial charge in [0.1, 0.15) is 0 Å². The summed E-state index contributed by atoms with van der Waals surface area (Å²) >= 11 is 0. The molecule has 1 aliphatic heterocycles. The molecule has 3 aromatic rings. The Morgan fingerprint density at radius 3 is 2.33 bits per heavy atom. The van der Waals surface area contributed by atoms with Crippen molar-refractivity contribution in [3.8, 4) is 0 Å². The molecule has 1 atom stereocenters. The topological polar surface area (TPSA) is 75.4 Å². The molecule has 2 heterocycles. The average molecular weight is 361 g/mol. The molecule has 1 fully saturated rings. The fourth-order valence-electron chi connectivity index (χ4n) is 3.46. The Bertz CT molecular complexity index is 969. The first-order valence-corrected chi connectivity index (χ1v) is 8.74. The van der Waals surface area contributed by atoms with Crippen LogP contribution < -0.4 is 5.32 Å². The van der Waals surface area contributed by atoms with Crippen LogP contribution in [0.5, 0.6) is 0 Å². The van der Waals surface area contributed by atoms with Gasteiger partial charge in [0, 0.05) is 12.5 Å². The summed E-state index contributed by atoms with van der Waals surface area (Å²) in [6.07, 6.45) is 0.369. The first-order valence-electron chi connectivity index (χ1n) is 8.74. The van der Waals surface area contributed by atoms with Crippen molar-refractivity contribution < 1.29 is 14.1 Å². The highest BCUT2D eigenvalue weighted by atomic mass is 16.5. The zero-order valence-corrected chi connectivity index (χ0v) is 14.9. The number of urea groups is 1. The quantitative estimate of drug-likeness (QED) is 0.708. The van der Waals surface area contributed by atoms with Gasteiger partial charge in [-0.3, -0.25) is 9.69 Å². The number of rotatable bonds is 5. The van der Waals surface area contributed by atoms with Crippen molar-refractivity contribution in [2.24, 2.45) is 0 Å². The lowest BCUT2D eigenvalue weighted by molar-refractivity contribution is -0.132. The average Bonchev–Trinajstić information content (AvgIpc) is 3.20. The highest BCUT2D eigenvalue weighted by Crippen LogP contribution is 2.33. The lowest BCUT2D eigenvalue weighted by Gasteiger charge is -2.27. The van der Waals surface area contributed by atoms with E-state index in [1.165, 1.54) is 4.90 Å². The highest BCUT2D eigenvalue weighted by Gasteiger charge is 2.52. The number of carbonyl (C=O) groups excluding carboxylic acids is 2. The van der Waals surface area contributed by atoms with Crippen molar-refractivity contribution in [1.82, 2.24) is 15.4 Å². The zero-order chi connectivity index (χ0) is 18.9. The van der Waals surface area contributed by atoms with Crippen molar-refractivity contribution >= 4 is 11.9 Å². The third-order valence-electron chi connectivity index (χ3n) is 4.75. The summed E-state index contributed by atoms with van der Waals surface area (Å²) in [5, 5.41) is 6.76. The minimum absolute atomic E-state index is 0.0505. The number of aromatic nitrogens is 1. The number of nitrogens with zero attached hydrogens (tertiary/aromatic N) is 2. The smallest absolute Gasteiger partial charge is 0.325 e. The number of nitrogens with one attached hydrogen (secondary N) is 1. The summed E-state index contributed by atoms with van der Waals surface area (Å²) in [6, 6.07) is 20.3. The van der Waals surface area contributed by atoms with Crippen LogP contribution in [0.3, 0.4) is 0 Å². The molecule has 136 valence electrons. The molecular formula is C21H19N3O3. The van der Waals surface area contributed by atoms with Crippen molar-refractivity contribution in [1.29, 1.82) is 0 Å². The van der Waals surface area contributed by atoms with E-state index in [9.17, 15) is 9.59 Å². The lowest BCUT2D eigenvalue weighted by Crippen LogP contribution is -2.46. The summed E-state index contributed by atoms with van der Waals surface area (Å²) in [7, 11) is 0. The Kier molecular flexibility index (Phi) is 4.24. The van der Waals surface area contributed by atoms with Crippen molar-refractivity contribution in [2.45, 2.75) is 25.4 Å². The minimum Gasteiger partial charge on any atom is -0.359 e. The van der Waals surface area contributed by atoms with Crippen LogP contribution in [0.1, 0.15) is 22.6 Å². The maximum absolute atomic E-state index is 13.4. The molecule has 0 bridgehead atoms. The van der Waals surface area contributed by atoms with Crippen LogP contribution in [0.15, 0.2) is 71.3 Å². The standard InChI is InChI=1S/C21H19N3O3/c1-15-12-18(27-23-15)14-24-19(25)21(22-20(24)26,17-10-6-3-7-11-17)13-16-8-4-2-5-9-16/h2-12H,13-14H2,1H3,(H,22,26)/t21-/m0/s1. The number of amides is 3. The fourth-order valence-corrected chi connectivity index (χ4v) is 3.46. The van der Waals surface area contributed by atoms with Gasteiger partial charge in [-0.25, -0.2) is 4.79 Å². The van der Waals surface area contributed by atoms with Crippen LogP contribution in [0.2, 0.25) is 0 Å². The lowest BCUT2D eigenvalue weighted by atomic mass is 9.83. The molecule has 0 aliphatic carbocycles. The molecule has 1 aromatic heterocycles. The van der Waals surface area contributed by atoms with E-state index in [2.05, 4.69) is 10.5 Å². The summed E-state index contributed by atoms with van der Waals surface area (Å²) in [6.45, 7) is 1.84. The molecule has 1 aliphatic rings. The molecule has 1 N–H and O–H groups in total. The molecule has 0 spiro atoms. The van der Waals surface area contributed by atoms with Crippen molar-refractivity contribution in [3.63, 3.8) is 0 Å². The normalized spacial score (nSPS) is 19.4. The van der Waals surface area contributed by atoms with Gasteiger partial charge in [-0.1, -0.05) is 65.8 Å². The van der Waals surface area contributed by atoms with E-state index in [0.29, 0.717) is 17.9 Å². The van der Waals surface area contributed by atoms with E-state index < -0.39 is 11.6 Å². The molecule has 6 nitrogen and oxygen atoms in total. The van der Waals surface area contributed by atoms with Gasteiger partial charge in [0.2, 0.25) is 0 Å². The molecule has 0 radical (unpaired) electrons. The van der Waals surface area contributed by atoms with E-state index in [1.807, 2.05) is 60.7 Å². The van der Waals surface area contributed by atoms with Gasteiger partial charge in [0.05, 0.1) is 12.2 Å². The van der Waals surface area contributed by atoms with Crippen LogP contribution in [0.25, 0.3) is 0 Å². The van der Waals surface area contributed by atoms with Crippen LogP contribution in [-0.2, 0) is 23.3 Å². The minimum atomic E-state index is -1.14. The first kappa shape index (κ1) is 17.0. The molecule has 27 heavy (non-hydrogen) atoms. The van der Waals surface area contributed by atoms with Gasteiger partial charge in [-0.05, 0) is 18.1 Å². The van der Waals surface area contributed by atoms with Gasteiger partial charge < -0.3 is 9.84 Å². The largest absolute Gasteiger partial charge is 0.359 e. The Balaban J connectivity index is 1.72. The Morgan fingerprint density at radius 2 is 1.70 bits per heavy atom. The van der Waals surface area contributed by atoms with Crippen molar-refractivity contribution in [3.05, 3.63) is 89.3 Å². The number of imide groups is 1. The maximum Gasteiger partial charge on any atom is 0.325 e. The van der Waals surface area contributed by atoms with Crippen LogP contribution in [0, 0.1) is 6.92 Å². The summed E-state index contributed by atoms with van der Waals surface area (Å²) in [5.74, 6) is 0.177. The van der Waals surface area contributed by atoms with Gasteiger partial charge >= 0.3 is 6.03 Å². The van der Waals surface area contributed by atoms with Crippen LogP contribution >= 0.6 is 0 Å². The molecule has 6 heteroatoms. The molecule has 2 aromatic carbocycles. The van der Waals surface area contributed by atoms with Crippen LogP contribution in [0.4, 0.5) is 4.79 Å². The summed E-state index contributed by atoms with van der Waals surface area (Å²) in [4.78, 5) is 27.3. The second-order valence-corrected chi connectivity index (χ2v) is 6.69. The van der Waals surface area contributed by atoms with Crippen molar-refractivity contribution in [2.75, 3.05) is 0 Å². The fraction of sp³-hybridized carbons (Fsp3) is 0.190. The molecule has 3 amide bonds. The zero-order valence-electron chi connectivity index (χ0n) is 14.9.